The molecular weight excluding hydrogens is 433 g/mol. The number of halogens is 3. The van der Waals surface area contributed by atoms with E-state index in [1.165, 1.54) is 36.4 Å². The highest BCUT2D eigenvalue weighted by Crippen LogP contribution is 2.27. The van der Waals surface area contributed by atoms with Gasteiger partial charge in [-0.1, -0.05) is 18.2 Å². The highest BCUT2D eigenvalue weighted by atomic mass is 19.1. The number of hydroxylamine groups is 1. The second-order valence-corrected chi connectivity index (χ2v) is 7.63. The van der Waals surface area contributed by atoms with Gasteiger partial charge < -0.3 is 4.90 Å². The van der Waals surface area contributed by atoms with Crippen molar-refractivity contribution in [1.29, 1.82) is 0 Å². The summed E-state index contributed by atoms with van der Waals surface area (Å²) in [7, 11) is 0. The standard InChI is InChI=1S/C25H19F3N2O3/c26-20-6-3-16(4-7-20)22(12-17-5-8-21(27)13-23(17)28)25(32)30-10-9-15-1-2-18(24(31)29-33)11-19(15)14-30/h1-8,11-13,33H,9-10,14H2,(H,29,31)/b22-12-. The van der Waals surface area contributed by atoms with Crippen LogP contribution in [0.25, 0.3) is 11.6 Å². The van der Waals surface area contributed by atoms with Crippen molar-refractivity contribution < 1.29 is 28.0 Å². The summed E-state index contributed by atoms with van der Waals surface area (Å²) >= 11 is 0. The van der Waals surface area contributed by atoms with Gasteiger partial charge in [-0.05, 0) is 65.6 Å². The van der Waals surface area contributed by atoms with Crippen molar-refractivity contribution in [3.05, 3.63) is 106 Å². The normalized spacial score (nSPS) is 13.5. The van der Waals surface area contributed by atoms with Crippen LogP contribution < -0.4 is 5.48 Å². The maximum atomic E-state index is 14.3. The van der Waals surface area contributed by atoms with E-state index in [1.54, 1.807) is 28.6 Å². The first-order chi connectivity index (χ1) is 15.9. The van der Waals surface area contributed by atoms with Crippen molar-refractivity contribution in [1.82, 2.24) is 10.4 Å². The van der Waals surface area contributed by atoms with Gasteiger partial charge in [0.1, 0.15) is 17.5 Å². The molecule has 4 rings (SSSR count). The largest absolute Gasteiger partial charge is 0.334 e. The highest BCUT2D eigenvalue weighted by molar-refractivity contribution is 6.24. The van der Waals surface area contributed by atoms with E-state index in [0.29, 0.717) is 18.5 Å². The Balaban J connectivity index is 1.71. The number of rotatable bonds is 4. The molecule has 0 aliphatic carbocycles. The molecule has 1 aliphatic rings. The van der Waals surface area contributed by atoms with E-state index in [4.69, 9.17) is 5.21 Å². The summed E-state index contributed by atoms with van der Waals surface area (Å²) in [6, 6.07) is 13.2. The monoisotopic (exact) mass is 452 g/mol. The minimum Gasteiger partial charge on any atom is -0.334 e. The Kier molecular flexibility index (Phi) is 6.28. The number of hydrogen-bond acceptors (Lipinski definition) is 3. The van der Waals surface area contributed by atoms with Crippen molar-refractivity contribution in [3.63, 3.8) is 0 Å². The molecule has 0 aromatic heterocycles. The van der Waals surface area contributed by atoms with Crippen LogP contribution in [0.15, 0.2) is 60.7 Å². The maximum Gasteiger partial charge on any atom is 0.274 e. The van der Waals surface area contributed by atoms with Gasteiger partial charge in [0.15, 0.2) is 0 Å². The molecule has 0 atom stereocenters. The lowest BCUT2D eigenvalue weighted by molar-refractivity contribution is -0.125. The van der Waals surface area contributed by atoms with Crippen LogP contribution in [0.3, 0.4) is 0 Å². The van der Waals surface area contributed by atoms with Crippen molar-refractivity contribution >= 4 is 23.5 Å². The second kappa shape index (κ2) is 9.30. The Bertz CT molecular complexity index is 1260. The molecule has 2 amide bonds. The number of carbonyl (C=O) groups is 2. The lowest BCUT2D eigenvalue weighted by atomic mass is 9.95. The molecule has 33 heavy (non-hydrogen) atoms. The summed E-state index contributed by atoms with van der Waals surface area (Å²) < 4.78 is 41.1. The van der Waals surface area contributed by atoms with Gasteiger partial charge in [0.2, 0.25) is 0 Å². The van der Waals surface area contributed by atoms with E-state index in [1.807, 2.05) is 0 Å². The molecule has 3 aromatic carbocycles. The van der Waals surface area contributed by atoms with Crippen LogP contribution in [-0.2, 0) is 17.8 Å². The molecule has 168 valence electrons. The van der Waals surface area contributed by atoms with Gasteiger partial charge in [-0.15, -0.1) is 0 Å². The van der Waals surface area contributed by atoms with Gasteiger partial charge >= 0.3 is 0 Å². The lowest BCUT2D eigenvalue weighted by Crippen LogP contribution is -2.36. The van der Waals surface area contributed by atoms with Crippen LogP contribution in [-0.4, -0.2) is 28.5 Å². The molecule has 8 heteroatoms. The fourth-order valence-electron chi connectivity index (χ4n) is 3.78. The summed E-state index contributed by atoms with van der Waals surface area (Å²) in [6.07, 6.45) is 1.85. The third-order valence-corrected chi connectivity index (χ3v) is 5.52. The van der Waals surface area contributed by atoms with E-state index in [-0.39, 0.29) is 23.2 Å². The van der Waals surface area contributed by atoms with E-state index in [0.717, 1.165) is 23.3 Å². The maximum absolute atomic E-state index is 14.3. The average Bonchev–Trinajstić information content (AvgIpc) is 2.82. The molecule has 3 aromatic rings. The minimum absolute atomic E-state index is 0.0170. The predicted octanol–water partition coefficient (Wildman–Crippen LogP) is 4.35. The molecule has 0 spiro atoms. The molecule has 0 radical (unpaired) electrons. The van der Waals surface area contributed by atoms with Gasteiger partial charge in [0, 0.05) is 35.9 Å². The van der Waals surface area contributed by atoms with Gasteiger partial charge in [0.05, 0.1) is 0 Å². The van der Waals surface area contributed by atoms with E-state index >= 15 is 0 Å². The van der Waals surface area contributed by atoms with Crippen molar-refractivity contribution in [3.8, 4) is 0 Å². The van der Waals surface area contributed by atoms with E-state index in [2.05, 4.69) is 0 Å². The Labute approximate surface area is 187 Å². The number of amides is 2. The van der Waals surface area contributed by atoms with Gasteiger partial charge in [-0.25, -0.2) is 18.7 Å². The fraction of sp³-hybridized carbons (Fsp3) is 0.120. The third kappa shape index (κ3) is 4.80. The molecule has 2 N–H and O–H groups in total. The number of hydrogen-bond donors (Lipinski definition) is 2. The molecule has 0 fully saturated rings. The van der Waals surface area contributed by atoms with Crippen molar-refractivity contribution in [2.24, 2.45) is 0 Å². The molecule has 1 aliphatic heterocycles. The summed E-state index contributed by atoms with van der Waals surface area (Å²) in [5.74, 6) is -3.14. The smallest absolute Gasteiger partial charge is 0.274 e. The molecule has 5 nitrogen and oxygen atoms in total. The van der Waals surface area contributed by atoms with Gasteiger partial charge in [-0.2, -0.15) is 0 Å². The van der Waals surface area contributed by atoms with Crippen LogP contribution in [0.1, 0.15) is 32.6 Å². The molecule has 1 heterocycles. The zero-order valence-corrected chi connectivity index (χ0v) is 17.3. The predicted molar refractivity (Wildman–Crippen MR) is 115 cm³/mol. The number of carbonyl (C=O) groups excluding carboxylic acids is 2. The first-order valence-corrected chi connectivity index (χ1v) is 10.1. The van der Waals surface area contributed by atoms with Crippen molar-refractivity contribution in [2.75, 3.05) is 6.54 Å². The first kappa shape index (κ1) is 22.3. The Morgan fingerprint density at radius 1 is 0.879 bits per heavy atom. The quantitative estimate of drug-likeness (QED) is 0.268. The zero-order chi connectivity index (χ0) is 23.5. The summed E-state index contributed by atoms with van der Waals surface area (Å²) in [4.78, 5) is 26.8. The van der Waals surface area contributed by atoms with Gasteiger partial charge in [-0.3, -0.25) is 14.8 Å². The molecule has 0 bridgehead atoms. The topological polar surface area (TPSA) is 69.6 Å². The molecule has 0 saturated heterocycles. The van der Waals surface area contributed by atoms with Crippen LogP contribution in [0.5, 0.6) is 0 Å². The molecular formula is C25H19F3N2O3. The number of nitrogens with one attached hydrogen (secondary N) is 1. The van der Waals surface area contributed by atoms with E-state index < -0.39 is 29.3 Å². The summed E-state index contributed by atoms with van der Waals surface area (Å²) in [6.45, 7) is 0.562. The van der Waals surface area contributed by atoms with Crippen molar-refractivity contribution in [2.45, 2.75) is 13.0 Å². The third-order valence-electron chi connectivity index (χ3n) is 5.52. The highest BCUT2D eigenvalue weighted by Gasteiger charge is 2.25. The zero-order valence-electron chi connectivity index (χ0n) is 17.3. The summed E-state index contributed by atoms with van der Waals surface area (Å²) in [5.41, 5.74) is 4.04. The number of fused-ring (bicyclic) bond motifs is 1. The SMILES string of the molecule is O=C(NO)c1ccc2c(c1)CN(C(=O)/C(=C\c1ccc(F)cc1F)c1ccc(F)cc1)CC2. The fourth-order valence-corrected chi connectivity index (χ4v) is 3.78. The molecule has 0 unspecified atom stereocenters. The van der Waals surface area contributed by atoms with Crippen LogP contribution in [0.4, 0.5) is 13.2 Å². The van der Waals surface area contributed by atoms with Gasteiger partial charge in [0.25, 0.3) is 11.8 Å². The lowest BCUT2D eigenvalue weighted by Gasteiger charge is -2.30. The number of benzene rings is 3. The average molecular weight is 452 g/mol. The Morgan fingerprint density at radius 2 is 1.58 bits per heavy atom. The summed E-state index contributed by atoms with van der Waals surface area (Å²) in [5, 5.41) is 8.88. The Hall–Kier alpha value is -3.91. The number of nitrogens with zero attached hydrogens (tertiary/aromatic N) is 1. The van der Waals surface area contributed by atoms with Crippen LogP contribution >= 0.6 is 0 Å². The second-order valence-electron chi connectivity index (χ2n) is 7.63. The Morgan fingerprint density at radius 3 is 2.27 bits per heavy atom. The van der Waals surface area contributed by atoms with Crippen LogP contribution in [0.2, 0.25) is 0 Å². The first-order valence-electron chi connectivity index (χ1n) is 10.1. The van der Waals surface area contributed by atoms with Crippen LogP contribution in [0, 0.1) is 17.5 Å². The minimum atomic E-state index is -0.828. The van der Waals surface area contributed by atoms with E-state index in [9.17, 15) is 22.8 Å². The molecule has 0 saturated carbocycles.